The van der Waals surface area contributed by atoms with E-state index in [4.69, 9.17) is 5.73 Å². The van der Waals surface area contributed by atoms with Crippen molar-refractivity contribution in [1.82, 2.24) is 25.0 Å². The van der Waals surface area contributed by atoms with Crippen LogP contribution in [0.1, 0.15) is 52.6 Å². The quantitative estimate of drug-likeness (QED) is 0.758. The highest BCUT2D eigenvalue weighted by molar-refractivity contribution is 7.14. The van der Waals surface area contributed by atoms with Crippen LogP contribution < -0.4 is 11.1 Å². The van der Waals surface area contributed by atoms with Crippen molar-refractivity contribution >= 4 is 23.2 Å². The van der Waals surface area contributed by atoms with Crippen molar-refractivity contribution in [3.8, 4) is 0 Å². The number of nitrogens with zero attached hydrogens (tertiary/aromatic N) is 4. The Kier molecular flexibility index (Phi) is 6.00. The number of likely N-dealkylation sites (tertiary alicyclic amines) is 1. The molecule has 1 atom stereocenters. The van der Waals surface area contributed by atoms with Gasteiger partial charge < -0.3 is 20.5 Å². The number of nitrogens with two attached hydrogens (primary N) is 1. The standard InChI is InChI=1S/C17H24N6O2S/c1-2-7-22-11-20-21-15(22)10-19-17(25)14-6-5-13(26-14)12-4-3-8-23(12)16(24)9-18/h5-6,11-12H,2-4,7-10,18H2,1H3,(H,19,25)/t12-/m0/s1. The molecule has 3 rings (SSSR count). The number of aromatic nitrogens is 3. The van der Waals surface area contributed by atoms with E-state index in [1.807, 2.05) is 21.6 Å². The molecule has 26 heavy (non-hydrogen) atoms. The first-order valence-electron chi connectivity index (χ1n) is 8.88. The van der Waals surface area contributed by atoms with Crippen LogP contribution in [0.5, 0.6) is 0 Å². The Morgan fingerprint density at radius 2 is 2.27 bits per heavy atom. The van der Waals surface area contributed by atoms with Crippen LogP contribution in [0.4, 0.5) is 0 Å². The lowest BCUT2D eigenvalue weighted by Crippen LogP contribution is -2.35. The molecule has 8 nitrogen and oxygen atoms in total. The fraction of sp³-hybridized carbons (Fsp3) is 0.529. The highest BCUT2D eigenvalue weighted by atomic mass is 32.1. The summed E-state index contributed by atoms with van der Waals surface area (Å²) in [4.78, 5) is 27.9. The van der Waals surface area contributed by atoms with Crippen LogP contribution in [0.15, 0.2) is 18.5 Å². The van der Waals surface area contributed by atoms with E-state index < -0.39 is 0 Å². The van der Waals surface area contributed by atoms with Crippen LogP contribution in [0.2, 0.25) is 0 Å². The van der Waals surface area contributed by atoms with E-state index in [0.717, 1.165) is 43.1 Å². The van der Waals surface area contributed by atoms with E-state index in [2.05, 4.69) is 22.4 Å². The summed E-state index contributed by atoms with van der Waals surface area (Å²) in [6, 6.07) is 3.78. The molecule has 3 N–H and O–H groups in total. The van der Waals surface area contributed by atoms with Crippen molar-refractivity contribution in [2.24, 2.45) is 5.73 Å². The average molecular weight is 376 g/mol. The summed E-state index contributed by atoms with van der Waals surface area (Å²) in [6.07, 6.45) is 4.53. The van der Waals surface area contributed by atoms with Crippen molar-refractivity contribution in [3.05, 3.63) is 34.0 Å². The van der Waals surface area contributed by atoms with Crippen molar-refractivity contribution in [2.75, 3.05) is 13.1 Å². The third-order valence-electron chi connectivity index (χ3n) is 4.49. The normalized spacial score (nSPS) is 16.8. The number of aryl methyl sites for hydroxylation is 1. The van der Waals surface area contributed by atoms with Gasteiger partial charge in [0, 0.05) is 18.0 Å². The molecular weight excluding hydrogens is 352 g/mol. The van der Waals surface area contributed by atoms with Gasteiger partial charge >= 0.3 is 0 Å². The Bertz CT molecular complexity index is 771. The summed E-state index contributed by atoms with van der Waals surface area (Å²) in [7, 11) is 0. The van der Waals surface area contributed by atoms with Gasteiger partial charge in [0.1, 0.15) is 6.33 Å². The molecule has 1 aliphatic heterocycles. The van der Waals surface area contributed by atoms with Gasteiger partial charge in [0.2, 0.25) is 5.91 Å². The molecule has 0 radical (unpaired) electrons. The van der Waals surface area contributed by atoms with Gasteiger partial charge in [-0.15, -0.1) is 21.5 Å². The predicted molar refractivity (Wildman–Crippen MR) is 98.5 cm³/mol. The number of hydrogen-bond acceptors (Lipinski definition) is 6. The summed E-state index contributed by atoms with van der Waals surface area (Å²) < 4.78 is 1.94. The van der Waals surface area contributed by atoms with Crippen molar-refractivity contribution in [2.45, 2.75) is 45.3 Å². The van der Waals surface area contributed by atoms with Gasteiger partial charge in [-0.1, -0.05) is 6.92 Å². The molecule has 0 spiro atoms. The zero-order valence-corrected chi connectivity index (χ0v) is 15.7. The Morgan fingerprint density at radius 1 is 1.42 bits per heavy atom. The molecule has 140 valence electrons. The number of thiophene rings is 1. The minimum Gasteiger partial charge on any atom is -0.344 e. The summed E-state index contributed by atoms with van der Waals surface area (Å²) in [6.45, 7) is 4.00. The topological polar surface area (TPSA) is 106 Å². The monoisotopic (exact) mass is 376 g/mol. The zero-order valence-electron chi connectivity index (χ0n) is 14.9. The third kappa shape index (κ3) is 3.94. The first kappa shape index (κ1) is 18.5. The highest BCUT2D eigenvalue weighted by Crippen LogP contribution is 2.35. The molecule has 0 aromatic carbocycles. The van der Waals surface area contributed by atoms with Gasteiger partial charge in [-0.05, 0) is 31.4 Å². The number of amides is 2. The summed E-state index contributed by atoms with van der Waals surface area (Å²) in [5.74, 6) is 0.566. The van der Waals surface area contributed by atoms with Crippen molar-refractivity contribution in [1.29, 1.82) is 0 Å². The Morgan fingerprint density at radius 3 is 3.04 bits per heavy atom. The lowest BCUT2D eigenvalue weighted by Gasteiger charge is -2.23. The minimum absolute atomic E-state index is 0.0215. The number of rotatable bonds is 7. The molecule has 0 aliphatic carbocycles. The predicted octanol–water partition coefficient (Wildman–Crippen LogP) is 1.30. The number of carbonyl (C=O) groups is 2. The largest absolute Gasteiger partial charge is 0.344 e. The molecule has 1 fully saturated rings. The van der Waals surface area contributed by atoms with Crippen LogP contribution >= 0.6 is 11.3 Å². The Labute approximate surface area is 156 Å². The molecule has 2 amide bonds. The van der Waals surface area contributed by atoms with E-state index in [-0.39, 0.29) is 24.4 Å². The van der Waals surface area contributed by atoms with Gasteiger partial charge in [0.25, 0.3) is 5.91 Å². The second-order valence-electron chi connectivity index (χ2n) is 6.27. The van der Waals surface area contributed by atoms with Crippen LogP contribution in [0.25, 0.3) is 0 Å². The number of carbonyl (C=O) groups excluding carboxylic acids is 2. The molecule has 2 aromatic heterocycles. The Balaban J connectivity index is 1.63. The summed E-state index contributed by atoms with van der Waals surface area (Å²) in [5.41, 5.74) is 5.50. The van der Waals surface area contributed by atoms with Gasteiger partial charge in [0.15, 0.2) is 5.82 Å². The van der Waals surface area contributed by atoms with E-state index in [9.17, 15) is 9.59 Å². The lowest BCUT2D eigenvalue weighted by molar-refractivity contribution is -0.130. The summed E-state index contributed by atoms with van der Waals surface area (Å²) >= 11 is 1.43. The fourth-order valence-electron chi connectivity index (χ4n) is 3.22. The van der Waals surface area contributed by atoms with Crippen molar-refractivity contribution in [3.63, 3.8) is 0 Å². The van der Waals surface area contributed by atoms with E-state index >= 15 is 0 Å². The van der Waals surface area contributed by atoms with Crippen LogP contribution in [-0.4, -0.2) is 44.6 Å². The van der Waals surface area contributed by atoms with Gasteiger partial charge in [0.05, 0.1) is 24.0 Å². The molecule has 2 aromatic rings. The first-order valence-corrected chi connectivity index (χ1v) is 9.69. The second-order valence-corrected chi connectivity index (χ2v) is 7.39. The molecule has 1 saturated heterocycles. The average Bonchev–Trinajstić information content (AvgIpc) is 3.38. The lowest BCUT2D eigenvalue weighted by atomic mass is 10.2. The van der Waals surface area contributed by atoms with E-state index in [1.54, 1.807) is 6.33 Å². The zero-order chi connectivity index (χ0) is 18.5. The minimum atomic E-state index is -0.137. The van der Waals surface area contributed by atoms with E-state index in [0.29, 0.717) is 11.4 Å². The fourth-order valence-corrected chi connectivity index (χ4v) is 4.29. The summed E-state index contributed by atoms with van der Waals surface area (Å²) in [5, 5.41) is 10.8. The maximum absolute atomic E-state index is 12.5. The molecule has 3 heterocycles. The Hall–Kier alpha value is -2.26. The van der Waals surface area contributed by atoms with Crippen LogP contribution in [0, 0.1) is 0 Å². The van der Waals surface area contributed by atoms with Crippen LogP contribution in [0.3, 0.4) is 0 Å². The SMILES string of the molecule is CCCn1cnnc1CNC(=O)c1ccc([C@@H]2CCCN2C(=O)CN)s1. The number of hydrogen-bond donors (Lipinski definition) is 2. The molecule has 1 aliphatic rings. The number of nitrogens with one attached hydrogen (secondary N) is 1. The third-order valence-corrected chi connectivity index (χ3v) is 5.68. The molecular formula is C17H24N6O2S. The van der Waals surface area contributed by atoms with E-state index in [1.165, 1.54) is 11.3 Å². The molecule has 0 unspecified atom stereocenters. The van der Waals surface area contributed by atoms with Gasteiger partial charge in [-0.3, -0.25) is 9.59 Å². The van der Waals surface area contributed by atoms with Gasteiger partial charge in [-0.2, -0.15) is 0 Å². The second kappa shape index (κ2) is 8.41. The first-order chi connectivity index (χ1) is 12.6. The highest BCUT2D eigenvalue weighted by Gasteiger charge is 2.30. The molecule has 9 heteroatoms. The maximum Gasteiger partial charge on any atom is 0.261 e. The maximum atomic E-state index is 12.5. The van der Waals surface area contributed by atoms with Crippen molar-refractivity contribution < 1.29 is 9.59 Å². The van der Waals surface area contributed by atoms with Gasteiger partial charge in [-0.25, -0.2) is 0 Å². The van der Waals surface area contributed by atoms with Crippen LogP contribution in [-0.2, 0) is 17.9 Å². The molecule has 0 saturated carbocycles. The molecule has 0 bridgehead atoms. The smallest absolute Gasteiger partial charge is 0.261 e.